The number of hydrogen-bond donors (Lipinski definition) is 0. The van der Waals surface area contributed by atoms with Gasteiger partial charge in [-0.15, -0.1) is 54.1 Å². The molecule has 4 heterocycles. The molecule has 0 saturated carbocycles. The van der Waals surface area contributed by atoms with Gasteiger partial charge in [0.15, 0.2) is 0 Å². The Morgan fingerprint density at radius 1 is 0.667 bits per heavy atom. The van der Waals surface area contributed by atoms with Gasteiger partial charge in [0.1, 0.15) is 5.58 Å². The number of benzene rings is 5. The number of aromatic nitrogens is 4. The van der Waals surface area contributed by atoms with E-state index >= 15 is 0 Å². The molecule has 0 aliphatic rings. The van der Waals surface area contributed by atoms with Crippen LogP contribution in [0.1, 0.15) is 26.5 Å². The molecule has 51 heavy (non-hydrogen) atoms. The topological polar surface area (TPSA) is 56.7 Å². The van der Waals surface area contributed by atoms with Gasteiger partial charge < -0.3 is 14.0 Å². The minimum atomic E-state index is -0.0772. The molecule has 0 spiro atoms. The van der Waals surface area contributed by atoms with Crippen LogP contribution in [0.3, 0.4) is 0 Å². The fourth-order valence-electron chi connectivity index (χ4n) is 6.19. The molecule has 1 radical (unpaired) electrons. The van der Waals surface area contributed by atoms with E-state index in [0.29, 0.717) is 0 Å². The number of rotatable bonds is 4. The van der Waals surface area contributed by atoms with Gasteiger partial charge in [-0.25, -0.2) is 0 Å². The van der Waals surface area contributed by atoms with Crippen LogP contribution in [0.15, 0.2) is 156 Å². The number of fused-ring (bicyclic) bond motifs is 4. The van der Waals surface area contributed by atoms with Crippen LogP contribution in [0.2, 0.25) is 0 Å². The third-order valence-corrected chi connectivity index (χ3v) is 8.74. The zero-order valence-corrected chi connectivity index (χ0v) is 30.9. The van der Waals surface area contributed by atoms with Crippen LogP contribution < -0.4 is 0 Å². The molecular formula is C45H34IrN4O-2. The molecule has 251 valence electrons. The van der Waals surface area contributed by atoms with Crippen molar-refractivity contribution in [1.82, 2.24) is 19.5 Å². The summed E-state index contributed by atoms with van der Waals surface area (Å²) in [5.41, 5.74) is 10.6. The smallest absolute Gasteiger partial charge is 0.121 e. The van der Waals surface area contributed by atoms with E-state index in [0.717, 1.165) is 78.1 Å². The molecule has 0 aliphatic carbocycles. The standard InChI is InChI=1S/C34H26N3O.C11H8N.Ir/c1-34(2,3)31-20-28-29(21-35-31)37(24-13-8-5-9-14-24)33(36-28)27-16-10-15-26-25-18-17-23(19-30(25)38-32(26)27)22-11-6-4-7-12-22;1-2-6-10(7-3-1)11-8-4-5-9-12-11;/h4-15,17-21H,1-3H3;1-6,8-9H;/q2*-1;. The van der Waals surface area contributed by atoms with Crippen molar-refractivity contribution < 1.29 is 24.5 Å². The SMILES string of the molecule is CC(C)(C)c1cc2nc(-c3[c-]ccc4c3oc3cc(-c5ccccc5)ccc34)n(-c3ccccc3)c2cn1.[Ir].[c-]1ccccc1-c1ccccn1. The summed E-state index contributed by atoms with van der Waals surface area (Å²) < 4.78 is 8.72. The van der Waals surface area contributed by atoms with E-state index in [-0.39, 0.29) is 25.5 Å². The molecule has 0 amide bonds. The first-order valence-electron chi connectivity index (χ1n) is 16.7. The summed E-state index contributed by atoms with van der Waals surface area (Å²) in [5, 5.41) is 2.13. The second-order valence-electron chi connectivity index (χ2n) is 13.2. The van der Waals surface area contributed by atoms with Crippen molar-refractivity contribution in [3.8, 4) is 39.5 Å². The summed E-state index contributed by atoms with van der Waals surface area (Å²) in [6.45, 7) is 6.51. The number of para-hydroxylation sites is 1. The maximum absolute atomic E-state index is 6.56. The number of hydrogen-bond acceptors (Lipinski definition) is 4. The van der Waals surface area contributed by atoms with Crippen LogP contribution in [0, 0.1) is 12.1 Å². The van der Waals surface area contributed by atoms with Crippen molar-refractivity contribution in [3.63, 3.8) is 0 Å². The zero-order chi connectivity index (χ0) is 34.1. The van der Waals surface area contributed by atoms with E-state index < -0.39 is 0 Å². The van der Waals surface area contributed by atoms with Gasteiger partial charge in [0.2, 0.25) is 0 Å². The third-order valence-electron chi connectivity index (χ3n) is 8.74. The van der Waals surface area contributed by atoms with Crippen molar-refractivity contribution >= 4 is 33.0 Å². The summed E-state index contributed by atoms with van der Waals surface area (Å²) in [7, 11) is 0. The Bertz CT molecular complexity index is 2520. The molecule has 6 heteroatoms. The van der Waals surface area contributed by atoms with E-state index in [9.17, 15) is 0 Å². The Hall–Kier alpha value is -5.68. The first-order chi connectivity index (χ1) is 24.4. The zero-order valence-electron chi connectivity index (χ0n) is 28.5. The Labute approximate surface area is 311 Å². The molecular weight excluding hydrogens is 805 g/mol. The quantitative estimate of drug-likeness (QED) is 0.166. The molecule has 5 aromatic carbocycles. The molecule has 5 nitrogen and oxygen atoms in total. The summed E-state index contributed by atoms with van der Waals surface area (Å²) in [4.78, 5) is 14.2. The van der Waals surface area contributed by atoms with Crippen molar-refractivity contribution in [2.75, 3.05) is 0 Å². The second kappa shape index (κ2) is 14.3. The molecule has 4 aromatic heterocycles. The fraction of sp³-hybridized carbons (Fsp3) is 0.0889. The molecule has 0 saturated heterocycles. The van der Waals surface area contributed by atoms with E-state index in [4.69, 9.17) is 14.4 Å². The van der Waals surface area contributed by atoms with Crippen LogP contribution in [-0.2, 0) is 25.5 Å². The molecule has 0 N–H and O–H groups in total. The van der Waals surface area contributed by atoms with Gasteiger partial charge in [-0.3, -0.25) is 9.97 Å². The van der Waals surface area contributed by atoms with Crippen LogP contribution in [-0.4, -0.2) is 19.5 Å². The van der Waals surface area contributed by atoms with E-state index in [1.807, 2.05) is 79.0 Å². The molecule has 0 bridgehead atoms. The van der Waals surface area contributed by atoms with Crippen molar-refractivity contribution in [2.45, 2.75) is 26.2 Å². The Morgan fingerprint density at radius 3 is 2.16 bits per heavy atom. The van der Waals surface area contributed by atoms with Crippen LogP contribution in [0.5, 0.6) is 0 Å². The van der Waals surface area contributed by atoms with Gasteiger partial charge >= 0.3 is 0 Å². The first-order valence-corrected chi connectivity index (χ1v) is 16.7. The van der Waals surface area contributed by atoms with Gasteiger partial charge in [-0.2, -0.15) is 0 Å². The van der Waals surface area contributed by atoms with Gasteiger partial charge in [0.25, 0.3) is 0 Å². The van der Waals surface area contributed by atoms with Crippen LogP contribution in [0.25, 0.3) is 72.4 Å². The Balaban J connectivity index is 0.000000265. The van der Waals surface area contributed by atoms with Crippen molar-refractivity contribution in [1.29, 1.82) is 0 Å². The normalized spacial score (nSPS) is 11.3. The molecule has 9 aromatic rings. The van der Waals surface area contributed by atoms with Crippen LogP contribution >= 0.6 is 0 Å². The second-order valence-corrected chi connectivity index (χ2v) is 13.2. The number of pyridine rings is 2. The summed E-state index contributed by atoms with van der Waals surface area (Å²) in [6, 6.07) is 53.5. The number of furan rings is 1. The van der Waals surface area contributed by atoms with Crippen LogP contribution in [0.4, 0.5) is 0 Å². The van der Waals surface area contributed by atoms with E-state index in [2.05, 4.69) is 109 Å². The van der Waals surface area contributed by atoms with Gasteiger partial charge in [-0.05, 0) is 47.2 Å². The number of nitrogens with zero attached hydrogens (tertiary/aromatic N) is 4. The monoisotopic (exact) mass is 839 g/mol. The minimum Gasteiger partial charge on any atom is -0.501 e. The van der Waals surface area contributed by atoms with Gasteiger partial charge in [0.05, 0.1) is 28.6 Å². The average molecular weight is 839 g/mol. The summed E-state index contributed by atoms with van der Waals surface area (Å²) in [6.07, 6.45) is 3.72. The largest absolute Gasteiger partial charge is 0.501 e. The van der Waals surface area contributed by atoms with Gasteiger partial charge in [-0.1, -0.05) is 105 Å². The van der Waals surface area contributed by atoms with Crippen molar-refractivity contribution in [2.24, 2.45) is 0 Å². The molecule has 9 rings (SSSR count). The molecule has 0 unspecified atom stereocenters. The Morgan fingerprint density at radius 2 is 1.43 bits per heavy atom. The van der Waals surface area contributed by atoms with Gasteiger partial charge in [0, 0.05) is 48.5 Å². The predicted octanol–water partition coefficient (Wildman–Crippen LogP) is 11.3. The molecule has 0 aliphatic heterocycles. The van der Waals surface area contributed by atoms with E-state index in [1.54, 1.807) is 6.20 Å². The summed E-state index contributed by atoms with van der Waals surface area (Å²) >= 11 is 0. The third kappa shape index (κ3) is 6.76. The van der Waals surface area contributed by atoms with Crippen molar-refractivity contribution in [3.05, 3.63) is 170 Å². The predicted molar refractivity (Wildman–Crippen MR) is 203 cm³/mol. The number of imidazole rings is 1. The summed E-state index contributed by atoms with van der Waals surface area (Å²) in [5.74, 6) is 0.784. The average Bonchev–Trinajstić information content (AvgIpc) is 3.74. The fourth-order valence-corrected chi connectivity index (χ4v) is 6.19. The van der Waals surface area contributed by atoms with E-state index in [1.165, 1.54) is 0 Å². The Kier molecular flexibility index (Phi) is 9.46. The maximum atomic E-state index is 6.56. The molecule has 0 fully saturated rings. The maximum Gasteiger partial charge on any atom is 0.121 e. The first kappa shape index (κ1) is 33.8. The minimum absolute atomic E-state index is 0. The molecule has 0 atom stereocenters.